The first kappa shape index (κ1) is 15.3. The van der Waals surface area contributed by atoms with E-state index in [0.717, 1.165) is 0 Å². The minimum atomic E-state index is -1.70. The predicted molar refractivity (Wildman–Crippen MR) is 73.0 cm³/mol. The SMILES string of the molecule is CC1OCC(O[Si](C)(C)C)(O[Si](C)(C)C)CO1. The highest BCUT2D eigenvalue weighted by molar-refractivity contribution is 6.71. The van der Waals surface area contributed by atoms with Crippen LogP contribution in [0.5, 0.6) is 0 Å². The molecule has 102 valence electrons. The molecule has 0 unspecified atom stereocenters. The van der Waals surface area contributed by atoms with Gasteiger partial charge in [0.2, 0.25) is 0 Å². The molecule has 0 bridgehead atoms. The van der Waals surface area contributed by atoms with Crippen molar-refractivity contribution in [1.82, 2.24) is 0 Å². The first-order chi connectivity index (χ1) is 7.52. The van der Waals surface area contributed by atoms with Crippen molar-refractivity contribution in [3.8, 4) is 0 Å². The molecular formula is C11H26O4Si2. The van der Waals surface area contributed by atoms with Crippen LogP contribution in [-0.2, 0) is 18.3 Å². The Morgan fingerprint density at radius 2 is 1.24 bits per heavy atom. The van der Waals surface area contributed by atoms with Gasteiger partial charge in [-0.1, -0.05) is 0 Å². The van der Waals surface area contributed by atoms with Gasteiger partial charge in [-0.15, -0.1) is 0 Å². The third-order valence-corrected chi connectivity index (χ3v) is 4.03. The molecule has 0 N–H and O–H groups in total. The van der Waals surface area contributed by atoms with Crippen molar-refractivity contribution < 1.29 is 18.3 Å². The fourth-order valence-corrected chi connectivity index (χ4v) is 4.47. The van der Waals surface area contributed by atoms with Gasteiger partial charge in [-0.05, 0) is 46.2 Å². The van der Waals surface area contributed by atoms with Crippen molar-refractivity contribution in [3.63, 3.8) is 0 Å². The molecule has 1 heterocycles. The van der Waals surface area contributed by atoms with Gasteiger partial charge in [0.05, 0.1) is 0 Å². The Hall–Kier alpha value is 0.274. The summed E-state index contributed by atoms with van der Waals surface area (Å²) in [5.74, 6) is -0.693. The highest BCUT2D eigenvalue weighted by Crippen LogP contribution is 2.28. The predicted octanol–water partition coefficient (Wildman–Crippen LogP) is 2.78. The van der Waals surface area contributed by atoms with E-state index in [1.54, 1.807) is 0 Å². The highest BCUT2D eigenvalue weighted by atomic mass is 28.4. The molecular weight excluding hydrogens is 252 g/mol. The molecule has 1 fully saturated rings. The topological polar surface area (TPSA) is 36.9 Å². The Kier molecular flexibility index (Phi) is 4.60. The Labute approximate surface area is 107 Å². The third kappa shape index (κ3) is 5.63. The molecule has 0 saturated carbocycles. The summed E-state index contributed by atoms with van der Waals surface area (Å²) in [6, 6.07) is 0. The zero-order valence-corrected chi connectivity index (χ0v) is 14.1. The van der Waals surface area contributed by atoms with Crippen LogP contribution in [0.15, 0.2) is 0 Å². The average Bonchev–Trinajstić information content (AvgIpc) is 2.04. The lowest BCUT2D eigenvalue weighted by Gasteiger charge is -2.45. The van der Waals surface area contributed by atoms with Crippen molar-refractivity contribution in [2.75, 3.05) is 13.2 Å². The van der Waals surface area contributed by atoms with Gasteiger partial charge in [0.1, 0.15) is 13.2 Å². The van der Waals surface area contributed by atoms with Gasteiger partial charge in [-0.25, -0.2) is 0 Å². The largest absolute Gasteiger partial charge is 0.388 e. The van der Waals surface area contributed by atoms with Crippen LogP contribution in [0.1, 0.15) is 6.92 Å². The first-order valence-electron chi connectivity index (χ1n) is 6.15. The van der Waals surface area contributed by atoms with Crippen LogP contribution >= 0.6 is 0 Å². The zero-order chi connectivity index (χ0) is 13.3. The lowest BCUT2D eigenvalue weighted by molar-refractivity contribution is -0.299. The third-order valence-electron chi connectivity index (χ3n) is 2.06. The number of rotatable bonds is 4. The minimum Gasteiger partial charge on any atom is -0.388 e. The summed E-state index contributed by atoms with van der Waals surface area (Å²) < 4.78 is 23.5. The summed E-state index contributed by atoms with van der Waals surface area (Å²) in [6.07, 6.45) is -0.168. The quantitative estimate of drug-likeness (QED) is 0.585. The van der Waals surface area contributed by atoms with Crippen LogP contribution in [0.25, 0.3) is 0 Å². The standard InChI is InChI=1S/C11H26O4Si2/c1-10-12-8-11(9-13-10,14-16(2,3)4)15-17(5,6)7/h10H,8-9H2,1-7H3. The fourth-order valence-electron chi connectivity index (χ4n) is 1.83. The van der Waals surface area contributed by atoms with Crippen molar-refractivity contribution in [2.24, 2.45) is 0 Å². The van der Waals surface area contributed by atoms with E-state index in [9.17, 15) is 0 Å². The van der Waals surface area contributed by atoms with Gasteiger partial charge in [0, 0.05) is 0 Å². The molecule has 0 spiro atoms. The van der Waals surface area contributed by atoms with Crippen LogP contribution in [0.4, 0.5) is 0 Å². The van der Waals surface area contributed by atoms with E-state index in [1.807, 2.05) is 6.92 Å². The monoisotopic (exact) mass is 278 g/mol. The lowest BCUT2D eigenvalue weighted by atomic mass is 10.3. The van der Waals surface area contributed by atoms with Crippen molar-refractivity contribution in [3.05, 3.63) is 0 Å². The Bertz CT molecular complexity index is 231. The molecule has 0 atom stereocenters. The summed E-state index contributed by atoms with van der Waals surface area (Å²) in [5, 5.41) is 0. The molecule has 0 aromatic carbocycles. The van der Waals surface area contributed by atoms with E-state index in [4.69, 9.17) is 18.3 Å². The highest BCUT2D eigenvalue weighted by Gasteiger charge is 2.44. The molecule has 0 radical (unpaired) electrons. The molecule has 1 rings (SSSR count). The summed E-state index contributed by atoms with van der Waals surface area (Å²) in [7, 11) is -3.40. The number of ether oxygens (including phenoxy) is 2. The van der Waals surface area contributed by atoms with E-state index in [-0.39, 0.29) is 6.29 Å². The lowest BCUT2D eigenvalue weighted by Crippen LogP contribution is -2.58. The normalized spacial score (nSPS) is 22.8. The summed E-state index contributed by atoms with van der Waals surface area (Å²) >= 11 is 0. The maximum Gasteiger partial charge on any atom is 0.197 e. The minimum absolute atomic E-state index is 0.168. The Morgan fingerprint density at radius 3 is 1.53 bits per heavy atom. The second kappa shape index (κ2) is 5.10. The molecule has 0 amide bonds. The molecule has 0 aliphatic carbocycles. The van der Waals surface area contributed by atoms with Gasteiger partial charge in [-0.3, -0.25) is 0 Å². The molecule has 1 aliphatic rings. The summed E-state index contributed by atoms with van der Waals surface area (Å²) in [4.78, 5) is 0. The molecule has 1 aliphatic heterocycles. The Balaban J connectivity index is 2.78. The van der Waals surface area contributed by atoms with Gasteiger partial charge in [0.25, 0.3) is 0 Å². The zero-order valence-electron chi connectivity index (χ0n) is 12.1. The summed E-state index contributed by atoms with van der Waals surface area (Å²) in [5.41, 5.74) is 0. The second-order valence-electron chi connectivity index (χ2n) is 6.53. The first-order valence-corrected chi connectivity index (χ1v) is 13.0. The van der Waals surface area contributed by atoms with Gasteiger partial charge < -0.3 is 18.3 Å². The van der Waals surface area contributed by atoms with Crippen molar-refractivity contribution in [1.29, 1.82) is 0 Å². The van der Waals surface area contributed by atoms with Crippen LogP contribution < -0.4 is 0 Å². The molecule has 17 heavy (non-hydrogen) atoms. The van der Waals surface area contributed by atoms with Crippen LogP contribution in [-0.4, -0.2) is 41.9 Å². The van der Waals surface area contributed by atoms with Gasteiger partial charge in [0.15, 0.2) is 28.7 Å². The van der Waals surface area contributed by atoms with E-state index < -0.39 is 22.4 Å². The summed E-state index contributed by atoms with van der Waals surface area (Å²) in [6.45, 7) is 15.7. The van der Waals surface area contributed by atoms with Crippen LogP contribution in [0, 0.1) is 0 Å². The number of hydrogen-bond acceptors (Lipinski definition) is 4. The van der Waals surface area contributed by atoms with Crippen LogP contribution in [0.3, 0.4) is 0 Å². The molecule has 6 heteroatoms. The van der Waals surface area contributed by atoms with E-state index in [2.05, 4.69) is 39.3 Å². The molecule has 0 aromatic rings. The van der Waals surface area contributed by atoms with E-state index in [0.29, 0.717) is 13.2 Å². The van der Waals surface area contributed by atoms with Gasteiger partial charge in [-0.2, -0.15) is 0 Å². The fraction of sp³-hybridized carbons (Fsp3) is 1.00. The molecule has 1 saturated heterocycles. The maximum absolute atomic E-state index is 6.19. The van der Waals surface area contributed by atoms with Gasteiger partial charge >= 0.3 is 0 Å². The maximum atomic E-state index is 6.19. The number of hydrogen-bond donors (Lipinski definition) is 0. The van der Waals surface area contributed by atoms with E-state index in [1.165, 1.54) is 0 Å². The van der Waals surface area contributed by atoms with Crippen molar-refractivity contribution >= 4 is 16.6 Å². The average molecular weight is 278 g/mol. The smallest absolute Gasteiger partial charge is 0.197 e. The van der Waals surface area contributed by atoms with Crippen LogP contribution in [0.2, 0.25) is 39.3 Å². The second-order valence-corrected chi connectivity index (χ2v) is 15.4. The van der Waals surface area contributed by atoms with Crippen molar-refractivity contribution in [2.45, 2.75) is 58.3 Å². The van der Waals surface area contributed by atoms with E-state index >= 15 is 0 Å². The molecule has 4 nitrogen and oxygen atoms in total. The Morgan fingerprint density at radius 1 is 0.882 bits per heavy atom. The molecule has 0 aromatic heterocycles.